The molecule has 6 heteroatoms. The first kappa shape index (κ1) is 15.0. The zero-order valence-electron chi connectivity index (χ0n) is 11.0. The van der Waals surface area contributed by atoms with Crippen LogP contribution in [0.25, 0.3) is 0 Å². The van der Waals surface area contributed by atoms with Crippen LogP contribution in [-0.2, 0) is 6.54 Å². The van der Waals surface area contributed by atoms with E-state index in [1.165, 1.54) is 12.1 Å². The van der Waals surface area contributed by atoms with Gasteiger partial charge in [0.15, 0.2) is 0 Å². The second kappa shape index (κ2) is 6.37. The van der Waals surface area contributed by atoms with Crippen LogP contribution in [0.5, 0.6) is 0 Å². The predicted molar refractivity (Wildman–Crippen MR) is 81.3 cm³/mol. The van der Waals surface area contributed by atoms with Gasteiger partial charge in [0.1, 0.15) is 5.82 Å². The van der Waals surface area contributed by atoms with Crippen molar-refractivity contribution in [1.29, 1.82) is 5.41 Å². The number of nitrogens with two attached hydrogens (primary N) is 1. The number of carbonyl (C=O) groups excluding carboxylic acids is 1. The topological polar surface area (TPSA) is 79.0 Å². The molecule has 0 aliphatic carbocycles. The number of benzene rings is 2. The van der Waals surface area contributed by atoms with Crippen LogP contribution in [-0.4, -0.2) is 12.1 Å². The highest BCUT2D eigenvalue weighted by molar-refractivity contribution is 6.31. The van der Waals surface area contributed by atoms with E-state index >= 15 is 0 Å². The van der Waals surface area contributed by atoms with Crippen molar-refractivity contribution < 1.29 is 9.18 Å². The first-order chi connectivity index (χ1) is 10.0. The fourth-order valence-corrected chi connectivity index (χ4v) is 2.06. The van der Waals surface area contributed by atoms with E-state index < -0.39 is 5.82 Å². The Labute approximate surface area is 126 Å². The molecule has 0 atom stereocenters. The number of amides is 1. The molecule has 4 N–H and O–H groups in total. The van der Waals surface area contributed by atoms with E-state index in [9.17, 15) is 9.18 Å². The molecule has 2 rings (SSSR count). The van der Waals surface area contributed by atoms with Crippen LogP contribution in [0.1, 0.15) is 21.5 Å². The van der Waals surface area contributed by atoms with Crippen LogP contribution in [0.2, 0.25) is 5.02 Å². The van der Waals surface area contributed by atoms with Crippen molar-refractivity contribution in [2.24, 2.45) is 0 Å². The second-order valence-electron chi connectivity index (χ2n) is 4.38. The molecule has 2 aromatic carbocycles. The summed E-state index contributed by atoms with van der Waals surface area (Å²) in [6.45, 7) is 0.212. The fourth-order valence-electron chi connectivity index (χ4n) is 1.88. The first-order valence-electron chi connectivity index (χ1n) is 6.14. The van der Waals surface area contributed by atoms with Gasteiger partial charge >= 0.3 is 0 Å². The lowest BCUT2D eigenvalue weighted by atomic mass is 10.1. The summed E-state index contributed by atoms with van der Waals surface area (Å²) >= 11 is 5.64. The average molecular weight is 306 g/mol. The quantitative estimate of drug-likeness (QED) is 0.600. The molecule has 2 aromatic rings. The molecule has 0 bridgehead atoms. The Morgan fingerprint density at radius 1 is 1.38 bits per heavy atom. The Balaban J connectivity index is 2.13. The lowest BCUT2D eigenvalue weighted by Crippen LogP contribution is -2.23. The SMILES string of the molecule is N=Cc1c(N)cccc1CNC(=O)c1ccc(F)c(Cl)c1. The van der Waals surface area contributed by atoms with Crippen molar-refractivity contribution in [3.05, 3.63) is 63.9 Å². The van der Waals surface area contributed by atoms with Gasteiger partial charge in [-0.05, 0) is 29.8 Å². The van der Waals surface area contributed by atoms with Gasteiger partial charge in [0.05, 0.1) is 5.02 Å². The maximum Gasteiger partial charge on any atom is 0.251 e. The van der Waals surface area contributed by atoms with Gasteiger partial charge in [-0.25, -0.2) is 4.39 Å². The van der Waals surface area contributed by atoms with Gasteiger partial charge < -0.3 is 16.5 Å². The lowest BCUT2D eigenvalue weighted by molar-refractivity contribution is 0.0951. The van der Waals surface area contributed by atoms with Crippen molar-refractivity contribution in [1.82, 2.24) is 5.32 Å². The summed E-state index contributed by atoms with van der Waals surface area (Å²) in [7, 11) is 0. The highest BCUT2D eigenvalue weighted by atomic mass is 35.5. The van der Waals surface area contributed by atoms with Crippen LogP contribution >= 0.6 is 11.6 Å². The molecule has 1 amide bonds. The molecule has 108 valence electrons. The van der Waals surface area contributed by atoms with Gasteiger partial charge in [0, 0.05) is 29.6 Å². The van der Waals surface area contributed by atoms with Crippen LogP contribution in [0.3, 0.4) is 0 Å². The minimum atomic E-state index is -0.574. The lowest BCUT2D eigenvalue weighted by Gasteiger charge is -2.10. The van der Waals surface area contributed by atoms with Crippen LogP contribution in [0, 0.1) is 11.2 Å². The normalized spacial score (nSPS) is 10.2. The summed E-state index contributed by atoms with van der Waals surface area (Å²) in [6.07, 6.45) is 1.14. The van der Waals surface area contributed by atoms with Gasteiger partial charge in [-0.1, -0.05) is 23.7 Å². The third kappa shape index (κ3) is 3.38. The molecule has 0 saturated heterocycles. The molecule has 0 fully saturated rings. The zero-order chi connectivity index (χ0) is 15.4. The number of nitrogen functional groups attached to an aromatic ring is 1. The molecule has 0 spiro atoms. The molecule has 0 radical (unpaired) electrons. The number of rotatable bonds is 4. The Kier molecular flexibility index (Phi) is 4.55. The van der Waals surface area contributed by atoms with Crippen molar-refractivity contribution in [3.8, 4) is 0 Å². The summed E-state index contributed by atoms with van der Waals surface area (Å²) in [5, 5.41) is 9.93. The minimum Gasteiger partial charge on any atom is -0.398 e. The number of halogens is 2. The largest absolute Gasteiger partial charge is 0.398 e. The highest BCUT2D eigenvalue weighted by Crippen LogP contribution is 2.17. The van der Waals surface area contributed by atoms with Crippen LogP contribution in [0.4, 0.5) is 10.1 Å². The molecule has 0 aromatic heterocycles. The van der Waals surface area contributed by atoms with E-state index in [-0.39, 0.29) is 23.0 Å². The van der Waals surface area contributed by atoms with Gasteiger partial charge in [-0.15, -0.1) is 0 Å². The Morgan fingerprint density at radius 3 is 2.81 bits per heavy atom. The van der Waals surface area contributed by atoms with Crippen LogP contribution < -0.4 is 11.1 Å². The molecule has 0 aliphatic rings. The van der Waals surface area contributed by atoms with Gasteiger partial charge in [0.25, 0.3) is 5.91 Å². The van der Waals surface area contributed by atoms with Crippen LogP contribution in [0.15, 0.2) is 36.4 Å². The number of anilines is 1. The molecule has 21 heavy (non-hydrogen) atoms. The molecular formula is C15H13ClFN3O. The summed E-state index contributed by atoms with van der Waals surface area (Å²) in [6, 6.07) is 8.97. The molecular weight excluding hydrogens is 293 g/mol. The summed E-state index contributed by atoms with van der Waals surface area (Å²) in [4.78, 5) is 12.0. The molecule has 0 saturated carbocycles. The molecule has 0 unspecified atom stereocenters. The average Bonchev–Trinajstić information content (AvgIpc) is 2.47. The van der Waals surface area contributed by atoms with E-state index in [2.05, 4.69) is 5.32 Å². The Hall–Kier alpha value is -2.40. The van der Waals surface area contributed by atoms with Gasteiger partial charge in [-0.2, -0.15) is 0 Å². The van der Waals surface area contributed by atoms with Crippen molar-refractivity contribution in [3.63, 3.8) is 0 Å². The Morgan fingerprint density at radius 2 is 2.14 bits per heavy atom. The molecule has 4 nitrogen and oxygen atoms in total. The summed E-state index contributed by atoms with van der Waals surface area (Å²) < 4.78 is 13.1. The minimum absolute atomic E-state index is 0.105. The van der Waals surface area contributed by atoms with Crippen molar-refractivity contribution in [2.45, 2.75) is 6.54 Å². The standard InChI is InChI=1S/C15H13ClFN3O/c16-12-6-9(4-5-13(12)17)15(21)20-8-10-2-1-3-14(19)11(10)7-18/h1-7,18H,8,19H2,(H,20,21). The van der Waals surface area contributed by atoms with E-state index in [1.807, 2.05) is 0 Å². The third-order valence-electron chi connectivity index (χ3n) is 3.00. The van der Waals surface area contributed by atoms with Crippen molar-refractivity contribution in [2.75, 3.05) is 5.73 Å². The zero-order valence-corrected chi connectivity index (χ0v) is 11.7. The van der Waals surface area contributed by atoms with Gasteiger partial charge in [0.2, 0.25) is 0 Å². The van der Waals surface area contributed by atoms with E-state index in [4.69, 9.17) is 22.7 Å². The fraction of sp³-hybridized carbons (Fsp3) is 0.0667. The second-order valence-corrected chi connectivity index (χ2v) is 4.78. The summed E-state index contributed by atoms with van der Waals surface area (Å²) in [5.41, 5.74) is 7.80. The number of nitrogens with one attached hydrogen (secondary N) is 2. The first-order valence-corrected chi connectivity index (χ1v) is 6.52. The maximum atomic E-state index is 13.1. The highest BCUT2D eigenvalue weighted by Gasteiger charge is 2.10. The monoisotopic (exact) mass is 305 g/mol. The van der Waals surface area contributed by atoms with Crippen molar-refractivity contribution >= 4 is 29.4 Å². The summed E-state index contributed by atoms with van der Waals surface area (Å²) in [5.74, 6) is -0.953. The predicted octanol–water partition coefficient (Wildman–Crippen LogP) is 2.99. The Bertz CT molecular complexity index is 703. The number of carbonyl (C=O) groups is 1. The maximum absolute atomic E-state index is 13.1. The third-order valence-corrected chi connectivity index (χ3v) is 3.29. The smallest absolute Gasteiger partial charge is 0.251 e. The number of hydrogen-bond acceptors (Lipinski definition) is 3. The molecule has 0 heterocycles. The van der Waals surface area contributed by atoms with Gasteiger partial charge in [-0.3, -0.25) is 4.79 Å². The van der Waals surface area contributed by atoms with E-state index in [0.29, 0.717) is 11.3 Å². The number of hydrogen-bond donors (Lipinski definition) is 3. The molecule has 0 aliphatic heterocycles. The van der Waals surface area contributed by atoms with E-state index in [1.54, 1.807) is 18.2 Å². The van der Waals surface area contributed by atoms with E-state index in [0.717, 1.165) is 17.8 Å².